The molecule has 1 aliphatic rings. The molecule has 0 unspecified atom stereocenters. The third kappa shape index (κ3) is 1.52. The van der Waals surface area contributed by atoms with Crippen molar-refractivity contribution in [3.63, 3.8) is 0 Å². The van der Waals surface area contributed by atoms with Crippen LogP contribution in [0.5, 0.6) is 0 Å². The van der Waals surface area contributed by atoms with Gasteiger partial charge in [-0.05, 0) is 37.1 Å². The smallest absolute Gasteiger partial charge is 0.0921 e. The predicted octanol–water partition coefficient (Wildman–Crippen LogP) is 4.30. The van der Waals surface area contributed by atoms with Gasteiger partial charge in [0.2, 0.25) is 0 Å². The van der Waals surface area contributed by atoms with Crippen molar-refractivity contribution in [3.05, 3.63) is 24.3 Å². The minimum absolute atomic E-state index is 0.909. The summed E-state index contributed by atoms with van der Waals surface area (Å²) in [7, 11) is 0. The van der Waals surface area contributed by atoms with Crippen LogP contribution in [0.4, 0.5) is 10.0 Å². The molecule has 0 spiro atoms. The van der Waals surface area contributed by atoms with Crippen LogP contribution in [0, 0.1) is 0 Å². The quantitative estimate of drug-likeness (QED) is 0.717. The lowest BCUT2D eigenvalue weighted by atomic mass is 10.2. The maximum atomic E-state index is 5.92. The van der Waals surface area contributed by atoms with Crippen LogP contribution in [-0.2, 0) is 0 Å². The zero-order valence-electron chi connectivity index (χ0n) is 9.98. The zero-order valence-corrected chi connectivity index (χ0v) is 11.6. The molecule has 1 saturated heterocycles. The third-order valence-corrected chi connectivity index (χ3v) is 5.71. The van der Waals surface area contributed by atoms with Gasteiger partial charge in [-0.25, -0.2) is 0 Å². The molecule has 2 aromatic heterocycles. The first-order chi connectivity index (χ1) is 8.81. The van der Waals surface area contributed by atoms with Gasteiger partial charge in [-0.2, -0.15) is 0 Å². The van der Waals surface area contributed by atoms with Crippen LogP contribution in [-0.4, -0.2) is 13.1 Å². The van der Waals surface area contributed by atoms with E-state index in [0.717, 1.165) is 5.00 Å². The van der Waals surface area contributed by atoms with Crippen molar-refractivity contribution < 1.29 is 0 Å². The molecule has 2 N–H and O–H groups in total. The van der Waals surface area contributed by atoms with Crippen LogP contribution in [0.25, 0.3) is 20.2 Å². The molecule has 1 fully saturated rings. The summed E-state index contributed by atoms with van der Waals surface area (Å²) in [4.78, 5) is 2.51. The van der Waals surface area contributed by atoms with E-state index in [1.807, 2.05) is 11.3 Å². The van der Waals surface area contributed by atoms with Crippen molar-refractivity contribution >= 4 is 52.8 Å². The van der Waals surface area contributed by atoms with Gasteiger partial charge in [-0.15, -0.1) is 22.7 Å². The highest BCUT2D eigenvalue weighted by molar-refractivity contribution is 7.24. The average molecular weight is 274 g/mol. The second-order valence-electron chi connectivity index (χ2n) is 4.82. The number of rotatable bonds is 1. The highest BCUT2D eigenvalue weighted by Gasteiger charge is 2.16. The van der Waals surface area contributed by atoms with Gasteiger partial charge < -0.3 is 10.6 Å². The van der Waals surface area contributed by atoms with E-state index in [0.29, 0.717) is 0 Å². The van der Waals surface area contributed by atoms with Gasteiger partial charge in [0.1, 0.15) is 0 Å². The van der Waals surface area contributed by atoms with E-state index in [1.54, 1.807) is 11.3 Å². The van der Waals surface area contributed by atoms with Crippen molar-refractivity contribution in [2.24, 2.45) is 0 Å². The fraction of sp³-hybridized carbons (Fsp3) is 0.286. The Bertz CT molecular complexity index is 720. The van der Waals surface area contributed by atoms with Crippen LogP contribution in [0.15, 0.2) is 24.3 Å². The second kappa shape index (κ2) is 3.87. The van der Waals surface area contributed by atoms with Crippen molar-refractivity contribution in [1.82, 2.24) is 0 Å². The Morgan fingerprint density at radius 2 is 1.61 bits per heavy atom. The number of nitrogen functional groups attached to an aromatic ring is 1. The largest absolute Gasteiger partial charge is 0.391 e. The lowest BCUT2D eigenvalue weighted by Crippen LogP contribution is -2.15. The number of anilines is 2. The molecule has 1 aliphatic heterocycles. The molecule has 92 valence electrons. The first-order valence-corrected chi connectivity index (χ1v) is 7.91. The van der Waals surface area contributed by atoms with Crippen molar-refractivity contribution in [3.8, 4) is 0 Å². The molecule has 3 aromatic rings. The Balaban J connectivity index is 1.95. The number of hydrogen-bond donors (Lipinski definition) is 1. The zero-order chi connectivity index (χ0) is 12.1. The van der Waals surface area contributed by atoms with Gasteiger partial charge in [-0.3, -0.25) is 0 Å². The van der Waals surface area contributed by atoms with Crippen LogP contribution in [0.2, 0.25) is 0 Å². The monoisotopic (exact) mass is 274 g/mol. The maximum absolute atomic E-state index is 5.92. The number of nitrogens with two attached hydrogens (primary N) is 1. The fourth-order valence-electron chi connectivity index (χ4n) is 2.73. The second-order valence-corrected chi connectivity index (χ2v) is 6.99. The molecule has 0 saturated carbocycles. The topological polar surface area (TPSA) is 29.3 Å². The van der Waals surface area contributed by atoms with Gasteiger partial charge in [0.05, 0.1) is 10.0 Å². The Labute approximate surface area is 114 Å². The molecule has 1 aromatic carbocycles. The van der Waals surface area contributed by atoms with Crippen molar-refractivity contribution in [2.45, 2.75) is 12.8 Å². The minimum Gasteiger partial charge on any atom is -0.391 e. The molecule has 0 radical (unpaired) electrons. The molecule has 3 heterocycles. The Hall–Kier alpha value is -1.26. The Morgan fingerprint density at radius 1 is 0.944 bits per heavy atom. The fourth-order valence-corrected chi connectivity index (χ4v) is 4.70. The first-order valence-electron chi connectivity index (χ1n) is 6.28. The normalized spacial score (nSPS) is 16.1. The van der Waals surface area contributed by atoms with E-state index in [1.165, 1.54) is 51.1 Å². The van der Waals surface area contributed by atoms with Gasteiger partial charge in [0.25, 0.3) is 0 Å². The SMILES string of the molecule is Nc1cc2c(ccc3sc(N4CCCC4)cc32)s1. The van der Waals surface area contributed by atoms with E-state index >= 15 is 0 Å². The molecule has 0 bridgehead atoms. The number of thiophene rings is 2. The van der Waals surface area contributed by atoms with Crippen molar-refractivity contribution in [1.29, 1.82) is 0 Å². The molecular formula is C14H14N2S2. The minimum atomic E-state index is 0.909. The number of nitrogens with zero attached hydrogens (tertiary/aromatic N) is 1. The summed E-state index contributed by atoms with van der Waals surface area (Å²) < 4.78 is 2.67. The van der Waals surface area contributed by atoms with E-state index in [4.69, 9.17) is 5.73 Å². The van der Waals surface area contributed by atoms with Crippen LogP contribution in [0.3, 0.4) is 0 Å². The number of benzene rings is 1. The molecule has 18 heavy (non-hydrogen) atoms. The van der Waals surface area contributed by atoms with Gasteiger partial charge in [-0.1, -0.05) is 0 Å². The van der Waals surface area contributed by atoms with E-state index < -0.39 is 0 Å². The predicted molar refractivity (Wildman–Crippen MR) is 83.1 cm³/mol. The molecule has 4 heteroatoms. The molecular weight excluding hydrogens is 260 g/mol. The summed E-state index contributed by atoms with van der Waals surface area (Å²) >= 11 is 3.59. The summed E-state index contributed by atoms with van der Waals surface area (Å²) in [6, 6.07) is 8.89. The first kappa shape index (κ1) is 10.6. The molecule has 2 nitrogen and oxygen atoms in total. The Morgan fingerprint density at radius 3 is 2.39 bits per heavy atom. The molecule has 0 amide bonds. The maximum Gasteiger partial charge on any atom is 0.0921 e. The summed E-state index contributed by atoms with van der Waals surface area (Å²) in [5.74, 6) is 0. The van der Waals surface area contributed by atoms with Crippen LogP contribution < -0.4 is 10.6 Å². The van der Waals surface area contributed by atoms with Gasteiger partial charge in [0.15, 0.2) is 0 Å². The lowest BCUT2D eigenvalue weighted by molar-refractivity contribution is 0.949. The standard InChI is InChI=1S/C14H14N2S2/c15-13-7-9-10-8-14(16-5-1-2-6-16)18-12(10)4-3-11(9)17-13/h3-4,7-8H,1-2,5-6,15H2. The number of fused-ring (bicyclic) bond motifs is 3. The summed E-state index contributed by atoms with van der Waals surface area (Å²) in [6.07, 6.45) is 2.66. The van der Waals surface area contributed by atoms with Crippen LogP contribution in [0.1, 0.15) is 12.8 Å². The summed E-state index contributed by atoms with van der Waals surface area (Å²) in [5.41, 5.74) is 5.92. The van der Waals surface area contributed by atoms with Gasteiger partial charge in [0, 0.05) is 33.3 Å². The van der Waals surface area contributed by atoms with Gasteiger partial charge >= 0.3 is 0 Å². The summed E-state index contributed by atoms with van der Waals surface area (Å²) in [6.45, 7) is 2.42. The average Bonchev–Trinajstić information content (AvgIpc) is 3.05. The Kier molecular flexibility index (Phi) is 2.29. The molecule has 0 atom stereocenters. The van der Waals surface area contributed by atoms with E-state index in [2.05, 4.69) is 29.2 Å². The third-order valence-electron chi connectivity index (χ3n) is 3.62. The van der Waals surface area contributed by atoms with E-state index in [-0.39, 0.29) is 0 Å². The molecule has 0 aliphatic carbocycles. The molecule has 4 rings (SSSR count). The van der Waals surface area contributed by atoms with Crippen LogP contribution >= 0.6 is 22.7 Å². The highest BCUT2D eigenvalue weighted by Crippen LogP contribution is 2.40. The number of hydrogen-bond acceptors (Lipinski definition) is 4. The highest BCUT2D eigenvalue weighted by atomic mass is 32.1. The lowest BCUT2D eigenvalue weighted by Gasteiger charge is -2.13. The van der Waals surface area contributed by atoms with Crippen molar-refractivity contribution in [2.75, 3.05) is 23.7 Å². The summed E-state index contributed by atoms with van der Waals surface area (Å²) in [5, 5.41) is 5.01. The van der Waals surface area contributed by atoms with E-state index in [9.17, 15) is 0 Å².